The number of likely N-dealkylation sites (tertiary alicyclic amines) is 1. The first kappa shape index (κ1) is 13.7. The molecule has 3 nitrogen and oxygen atoms in total. The van der Waals surface area contributed by atoms with Crippen LogP contribution in [0.2, 0.25) is 0 Å². The normalized spacial score (nSPS) is 18.3. The van der Waals surface area contributed by atoms with Crippen molar-refractivity contribution in [2.24, 2.45) is 0 Å². The van der Waals surface area contributed by atoms with Crippen LogP contribution in [0.4, 0.5) is 0 Å². The van der Waals surface area contributed by atoms with Gasteiger partial charge in [0.1, 0.15) is 5.75 Å². The highest BCUT2D eigenvalue weighted by Gasteiger charge is 2.28. The van der Waals surface area contributed by atoms with Gasteiger partial charge in [-0.1, -0.05) is 17.7 Å². The Morgan fingerprint density at radius 3 is 2.58 bits per heavy atom. The third kappa shape index (κ3) is 3.16. The zero-order valence-electron chi connectivity index (χ0n) is 11.8. The van der Waals surface area contributed by atoms with Crippen LogP contribution in [0.1, 0.15) is 38.3 Å². The van der Waals surface area contributed by atoms with Crippen molar-refractivity contribution >= 4 is 5.91 Å². The minimum absolute atomic E-state index is 0.123. The highest BCUT2D eigenvalue weighted by atomic mass is 16.5. The van der Waals surface area contributed by atoms with Gasteiger partial charge in [-0.2, -0.15) is 0 Å². The van der Waals surface area contributed by atoms with Gasteiger partial charge >= 0.3 is 0 Å². The van der Waals surface area contributed by atoms with Crippen molar-refractivity contribution < 1.29 is 9.53 Å². The second-order valence-electron chi connectivity index (χ2n) is 5.18. The van der Waals surface area contributed by atoms with Gasteiger partial charge in [-0.3, -0.25) is 4.79 Å². The predicted molar refractivity (Wildman–Crippen MR) is 76.1 cm³/mol. The van der Waals surface area contributed by atoms with E-state index in [2.05, 4.69) is 12.1 Å². The van der Waals surface area contributed by atoms with Crippen molar-refractivity contribution in [3.8, 4) is 5.75 Å². The Labute approximate surface area is 114 Å². The van der Waals surface area contributed by atoms with E-state index < -0.39 is 0 Å². The highest BCUT2D eigenvalue weighted by Crippen LogP contribution is 2.32. The van der Waals surface area contributed by atoms with Crippen LogP contribution in [0.3, 0.4) is 0 Å². The number of amides is 1. The monoisotopic (exact) mass is 259 g/mol. The first-order valence-electron chi connectivity index (χ1n) is 6.71. The summed E-state index contributed by atoms with van der Waals surface area (Å²) >= 11 is 0. The van der Waals surface area contributed by atoms with E-state index in [1.54, 1.807) is 13.2 Å². The number of ether oxygens (including phenoxy) is 1. The van der Waals surface area contributed by atoms with Gasteiger partial charge in [0.05, 0.1) is 13.2 Å². The van der Waals surface area contributed by atoms with Crippen LogP contribution in [0.15, 0.2) is 35.9 Å². The number of methoxy groups -OCH3 is 1. The van der Waals surface area contributed by atoms with Crippen LogP contribution in [0, 0.1) is 0 Å². The summed E-state index contributed by atoms with van der Waals surface area (Å²) in [6.07, 6.45) is 3.83. The van der Waals surface area contributed by atoms with Crippen LogP contribution in [0.5, 0.6) is 5.75 Å². The molecule has 0 aliphatic carbocycles. The van der Waals surface area contributed by atoms with Gasteiger partial charge in [0.15, 0.2) is 0 Å². The lowest BCUT2D eigenvalue weighted by Crippen LogP contribution is -2.29. The second-order valence-corrected chi connectivity index (χ2v) is 5.18. The van der Waals surface area contributed by atoms with Gasteiger partial charge < -0.3 is 9.64 Å². The fourth-order valence-electron chi connectivity index (χ4n) is 2.53. The number of allylic oxidation sites excluding steroid dienone is 1. The van der Waals surface area contributed by atoms with Gasteiger partial charge in [-0.15, -0.1) is 0 Å². The SMILES string of the molecule is COc1ccc(C2CCCN2C(=O)C=C(C)C)cc1. The molecule has 1 unspecified atom stereocenters. The van der Waals surface area contributed by atoms with Crippen molar-refractivity contribution in [3.63, 3.8) is 0 Å². The molecule has 102 valence electrons. The van der Waals surface area contributed by atoms with E-state index in [9.17, 15) is 4.79 Å². The van der Waals surface area contributed by atoms with E-state index in [-0.39, 0.29) is 11.9 Å². The molecular formula is C16H21NO2. The van der Waals surface area contributed by atoms with Crippen molar-refractivity contribution in [1.29, 1.82) is 0 Å². The lowest BCUT2D eigenvalue weighted by Gasteiger charge is -2.24. The van der Waals surface area contributed by atoms with E-state index in [0.29, 0.717) is 0 Å². The van der Waals surface area contributed by atoms with Crippen molar-refractivity contribution in [2.45, 2.75) is 32.7 Å². The lowest BCUT2D eigenvalue weighted by molar-refractivity contribution is -0.126. The summed E-state index contributed by atoms with van der Waals surface area (Å²) in [5.74, 6) is 0.974. The van der Waals surface area contributed by atoms with E-state index >= 15 is 0 Å². The summed E-state index contributed by atoms with van der Waals surface area (Å²) in [6.45, 7) is 4.76. The molecule has 0 bridgehead atoms. The average Bonchev–Trinajstić information content (AvgIpc) is 2.87. The van der Waals surface area contributed by atoms with Crippen LogP contribution < -0.4 is 4.74 Å². The molecule has 1 amide bonds. The minimum Gasteiger partial charge on any atom is -0.497 e. The molecule has 1 aromatic carbocycles. The summed E-state index contributed by atoms with van der Waals surface area (Å²) in [5.41, 5.74) is 2.24. The molecule has 0 aromatic heterocycles. The van der Waals surface area contributed by atoms with E-state index in [1.807, 2.05) is 30.9 Å². The summed E-state index contributed by atoms with van der Waals surface area (Å²) in [7, 11) is 1.66. The first-order valence-corrected chi connectivity index (χ1v) is 6.71. The molecule has 1 atom stereocenters. The Balaban J connectivity index is 2.18. The van der Waals surface area contributed by atoms with Gasteiger partial charge in [0.2, 0.25) is 5.91 Å². The number of carbonyl (C=O) groups is 1. The van der Waals surface area contributed by atoms with E-state index in [1.165, 1.54) is 5.56 Å². The molecule has 1 fully saturated rings. The van der Waals surface area contributed by atoms with E-state index in [0.717, 1.165) is 30.7 Å². The number of rotatable bonds is 3. The molecule has 0 N–H and O–H groups in total. The Bertz CT molecular complexity index is 472. The second kappa shape index (κ2) is 5.91. The summed E-state index contributed by atoms with van der Waals surface area (Å²) < 4.78 is 5.17. The highest BCUT2D eigenvalue weighted by molar-refractivity contribution is 5.88. The maximum Gasteiger partial charge on any atom is 0.246 e. The number of carbonyl (C=O) groups excluding carboxylic acids is 1. The maximum atomic E-state index is 12.2. The zero-order chi connectivity index (χ0) is 13.8. The number of nitrogens with zero attached hydrogens (tertiary/aromatic N) is 1. The summed E-state index contributed by atoms with van der Waals surface area (Å²) in [4.78, 5) is 14.2. The molecule has 1 heterocycles. The topological polar surface area (TPSA) is 29.5 Å². The van der Waals surface area contributed by atoms with Gasteiger partial charge in [0, 0.05) is 12.6 Å². The van der Waals surface area contributed by atoms with Crippen molar-refractivity contribution in [1.82, 2.24) is 4.90 Å². The summed E-state index contributed by atoms with van der Waals surface area (Å²) in [6, 6.07) is 8.22. The van der Waals surface area contributed by atoms with Crippen molar-refractivity contribution in [2.75, 3.05) is 13.7 Å². The number of hydrogen-bond donors (Lipinski definition) is 0. The molecular weight excluding hydrogens is 238 g/mol. The molecule has 2 rings (SSSR count). The Hall–Kier alpha value is -1.77. The molecule has 0 saturated carbocycles. The molecule has 0 spiro atoms. The number of benzene rings is 1. The first-order chi connectivity index (χ1) is 9.11. The van der Waals surface area contributed by atoms with Crippen molar-refractivity contribution in [3.05, 3.63) is 41.5 Å². The quantitative estimate of drug-likeness (QED) is 0.779. The van der Waals surface area contributed by atoms with Gasteiger partial charge in [-0.05, 0) is 44.4 Å². The number of hydrogen-bond acceptors (Lipinski definition) is 2. The standard InChI is InChI=1S/C16H21NO2/c1-12(2)11-16(18)17-10-4-5-15(17)13-6-8-14(19-3)9-7-13/h6-9,11,15H,4-5,10H2,1-3H3. The maximum absolute atomic E-state index is 12.2. The average molecular weight is 259 g/mol. The molecule has 19 heavy (non-hydrogen) atoms. The van der Waals surface area contributed by atoms with Crippen LogP contribution >= 0.6 is 0 Å². The molecule has 0 radical (unpaired) electrons. The fraction of sp³-hybridized carbons (Fsp3) is 0.438. The predicted octanol–water partition coefficient (Wildman–Crippen LogP) is 3.32. The Morgan fingerprint density at radius 1 is 1.32 bits per heavy atom. The molecule has 1 aliphatic rings. The third-order valence-electron chi connectivity index (χ3n) is 3.45. The third-order valence-corrected chi connectivity index (χ3v) is 3.45. The Morgan fingerprint density at radius 2 is 2.00 bits per heavy atom. The van der Waals surface area contributed by atoms with Crippen LogP contribution in [0.25, 0.3) is 0 Å². The molecule has 1 aliphatic heterocycles. The fourth-order valence-corrected chi connectivity index (χ4v) is 2.53. The largest absolute Gasteiger partial charge is 0.497 e. The molecule has 3 heteroatoms. The minimum atomic E-state index is 0.123. The molecule has 1 saturated heterocycles. The van der Waals surface area contributed by atoms with Crippen LogP contribution in [-0.4, -0.2) is 24.5 Å². The summed E-state index contributed by atoms with van der Waals surface area (Å²) in [5, 5.41) is 0. The zero-order valence-corrected chi connectivity index (χ0v) is 11.8. The van der Waals surface area contributed by atoms with Crippen LogP contribution in [-0.2, 0) is 4.79 Å². The lowest BCUT2D eigenvalue weighted by atomic mass is 10.0. The van der Waals surface area contributed by atoms with Gasteiger partial charge in [-0.25, -0.2) is 0 Å². The Kier molecular flexibility index (Phi) is 4.25. The van der Waals surface area contributed by atoms with Gasteiger partial charge in [0.25, 0.3) is 0 Å². The molecule has 1 aromatic rings. The smallest absolute Gasteiger partial charge is 0.246 e. The van der Waals surface area contributed by atoms with E-state index in [4.69, 9.17) is 4.74 Å².